The van der Waals surface area contributed by atoms with Gasteiger partial charge in [-0.2, -0.15) is 0 Å². The van der Waals surface area contributed by atoms with Gasteiger partial charge in [0.2, 0.25) is 0 Å². The summed E-state index contributed by atoms with van der Waals surface area (Å²) in [6, 6.07) is 0. The van der Waals surface area contributed by atoms with Crippen molar-refractivity contribution in [1.29, 1.82) is 0 Å². The summed E-state index contributed by atoms with van der Waals surface area (Å²) in [4.78, 5) is 11.2. The molecular formula is C11H20O. The highest BCUT2D eigenvalue weighted by atomic mass is 16.1. The van der Waals surface area contributed by atoms with Crippen LogP contribution in [-0.2, 0) is 4.79 Å². The summed E-state index contributed by atoms with van der Waals surface area (Å²) in [5.41, 5.74) is 0. The second-order valence-corrected chi connectivity index (χ2v) is 4.05. The topological polar surface area (TPSA) is 17.1 Å². The first kappa shape index (κ1) is 9.76. The van der Waals surface area contributed by atoms with Gasteiger partial charge in [-0.05, 0) is 18.8 Å². The average Bonchev–Trinajstić information content (AvgIpc) is 2.36. The molecule has 1 aliphatic rings. The summed E-state index contributed by atoms with van der Waals surface area (Å²) in [6.45, 7) is 4.33. The number of hydrogen-bond acceptors (Lipinski definition) is 1. The van der Waals surface area contributed by atoms with Gasteiger partial charge >= 0.3 is 0 Å². The molecular weight excluding hydrogens is 148 g/mol. The predicted molar refractivity (Wildman–Crippen MR) is 51.0 cm³/mol. The van der Waals surface area contributed by atoms with Crippen molar-refractivity contribution in [2.45, 2.75) is 52.4 Å². The lowest BCUT2D eigenvalue weighted by Gasteiger charge is -2.12. The molecule has 0 heterocycles. The highest BCUT2D eigenvalue weighted by Crippen LogP contribution is 2.32. The van der Waals surface area contributed by atoms with Gasteiger partial charge in [0.25, 0.3) is 0 Å². The van der Waals surface area contributed by atoms with E-state index in [-0.39, 0.29) is 0 Å². The van der Waals surface area contributed by atoms with Crippen molar-refractivity contribution in [2.24, 2.45) is 11.8 Å². The van der Waals surface area contributed by atoms with E-state index in [4.69, 9.17) is 0 Å². The highest BCUT2D eigenvalue weighted by molar-refractivity contribution is 5.82. The van der Waals surface area contributed by atoms with Gasteiger partial charge in [-0.3, -0.25) is 4.79 Å². The lowest BCUT2D eigenvalue weighted by Crippen LogP contribution is -2.10. The Morgan fingerprint density at radius 2 is 2.17 bits per heavy atom. The summed E-state index contributed by atoms with van der Waals surface area (Å²) in [5.74, 6) is 1.57. The van der Waals surface area contributed by atoms with E-state index in [1.807, 2.05) is 0 Å². The minimum Gasteiger partial charge on any atom is -0.299 e. The lowest BCUT2D eigenvalue weighted by molar-refractivity contribution is -0.120. The van der Waals surface area contributed by atoms with Crippen molar-refractivity contribution < 1.29 is 4.79 Å². The second kappa shape index (κ2) is 4.64. The zero-order chi connectivity index (χ0) is 8.97. The molecule has 0 aromatic carbocycles. The number of hydrogen-bond donors (Lipinski definition) is 0. The standard InChI is InChI=1S/C11H20O/c1-3-4-5-6-10-7-8-11(12)9(10)2/h9-10H,3-8H2,1-2H3. The molecule has 0 spiro atoms. The molecule has 0 radical (unpaired) electrons. The molecule has 1 nitrogen and oxygen atoms in total. The summed E-state index contributed by atoms with van der Waals surface area (Å²) in [6.07, 6.45) is 7.22. The predicted octanol–water partition coefficient (Wildman–Crippen LogP) is 3.18. The molecule has 2 atom stereocenters. The van der Waals surface area contributed by atoms with E-state index in [0.717, 1.165) is 12.8 Å². The van der Waals surface area contributed by atoms with Gasteiger partial charge in [0.1, 0.15) is 5.78 Å². The molecule has 70 valence electrons. The van der Waals surface area contributed by atoms with Crippen LogP contribution in [0, 0.1) is 11.8 Å². The highest BCUT2D eigenvalue weighted by Gasteiger charge is 2.29. The first-order valence-electron chi connectivity index (χ1n) is 5.28. The van der Waals surface area contributed by atoms with Crippen LogP contribution in [0.1, 0.15) is 52.4 Å². The minimum atomic E-state index is 0.363. The Morgan fingerprint density at radius 1 is 1.42 bits per heavy atom. The van der Waals surface area contributed by atoms with E-state index in [2.05, 4.69) is 13.8 Å². The van der Waals surface area contributed by atoms with Crippen LogP contribution in [0.3, 0.4) is 0 Å². The van der Waals surface area contributed by atoms with Crippen molar-refractivity contribution in [3.63, 3.8) is 0 Å². The Kier molecular flexibility index (Phi) is 3.77. The Morgan fingerprint density at radius 3 is 2.67 bits per heavy atom. The Labute approximate surface area is 75.5 Å². The van der Waals surface area contributed by atoms with Crippen LogP contribution >= 0.6 is 0 Å². The smallest absolute Gasteiger partial charge is 0.135 e. The number of ketones is 1. The fraction of sp³-hybridized carbons (Fsp3) is 0.909. The first-order valence-corrected chi connectivity index (χ1v) is 5.28. The monoisotopic (exact) mass is 168 g/mol. The molecule has 1 fully saturated rings. The van der Waals surface area contributed by atoms with Crippen LogP contribution in [-0.4, -0.2) is 5.78 Å². The Bertz CT molecular complexity index is 151. The molecule has 2 unspecified atom stereocenters. The van der Waals surface area contributed by atoms with Crippen molar-refractivity contribution in [3.05, 3.63) is 0 Å². The quantitative estimate of drug-likeness (QED) is 0.589. The number of carbonyl (C=O) groups is 1. The molecule has 1 saturated carbocycles. The molecule has 0 aromatic heterocycles. The fourth-order valence-electron chi connectivity index (χ4n) is 2.12. The third kappa shape index (κ3) is 2.33. The van der Waals surface area contributed by atoms with E-state index in [9.17, 15) is 4.79 Å². The lowest BCUT2D eigenvalue weighted by atomic mass is 9.92. The van der Waals surface area contributed by atoms with Crippen LogP contribution < -0.4 is 0 Å². The van der Waals surface area contributed by atoms with E-state index in [0.29, 0.717) is 17.6 Å². The third-order valence-electron chi connectivity index (χ3n) is 3.15. The summed E-state index contributed by atoms with van der Waals surface area (Å²) < 4.78 is 0. The average molecular weight is 168 g/mol. The zero-order valence-corrected chi connectivity index (χ0v) is 8.31. The molecule has 0 aliphatic heterocycles. The number of unbranched alkanes of at least 4 members (excludes halogenated alkanes) is 2. The third-order valence-corrected chi connectivity index (χ3v) is 3.15. The summed E-state index contributed by atoms with van der Waals surface area (Å²) >= 11 is 0. The van der Waals surface area contributed by atoms with Gasteiger partial charge in [0.15, 0.2) is 0 Å². The Hall–Kier alpha value is -0.330. The van der Waals surface area contributed by atoms with E-state index < -0.39 is 0 Å². The van der Waals surface area contributed by atoms with Crippen LogP contribution in [0.25, 0.3) is 0 Å². The molecule has 12 heavy (non-hydrogen) atoms. The first-order chi connectivity index (χ1) is 5.75. The van der Waals surface area contributed by atoms with Gasteiger partial charge < -0.3 is 0 Å². The van der Waals surface area contributed by atoms with Gasteiger partial charge in [-0.1, -0.05) is 33.1 Å². The van der Waals surface area contributed by atoms with Crippen LogP contribution in [0.4, 0.5) is 0 Å². The van der Waals surface area contributed by atoms with Crippen LogP contribution in [0.2, 0.25) is 0 Å². The fourth-order valence-corrected chi connectivity index (χ4v) is 2.12. The van der Waals surface area contributed by atoms with E-state index in [1.54, 1.807) is 0 Å². The minimum absolute atomic E-state index is 0.363. The molecule has 0 saturated heterocycles. The van der Waals surface area contributed by atoms with Gasteiger partial charge in [-0.15, -0.1) is 0 Å². The normalized spacial score (nSPS) is 29.7. The number of rotatable bonds is 4. The maximum atomic E-state index is 11.2. The largest absolute Gasteiger partial charge is 0.299 e. The molecule has 1 heteroatoms. The number of carbonyl (C=O) groups excluding carboxylic acids is 1. The van der Waals surface area contributed by atoms with E-state index >= 15 is 0 Å². The van der Waals surface area contributed by atoms with Crippen LogP contribution in [0.5, 0.6) is 0 Å². The molecule has 0 bridgehead atoms. The van der Waals surface area contributed by atoms with Gasteiger partial charge in [0.05, 0.1) is 0 Å². The zero-order valence-electron chi connectivity index (χ0n) is 8.31. The maximum absolute atomic E-state index is 11.2. The second-order valence-electron chi connectivity index (χ2n) is 4.05. The Balaban J connectivity index is 2.20. The van der Waals surface area contributed by atoms with Crippen molar-refractivity contribution >= 4 is 5.78 Å². The molecule has 1 rings (SSSR count). The van der Waals surface area contributed by atoms with E-state index in [1.165, 1.54) is 25.7 Å². The van der Waals surface area contributed by atoms with Crippen LogP contribution in [0.15, 0.2) is 0 Å². The molecule has 0 N–H and O–H groups in total. The molecule has 0 amide bonds. The van der Waals surface area contributed by atoms with Crippen molar-refractivity contribution in [3.8, 4) is 0 Å². The van der Waals surface area contributed by atoms with Crippen molar-refractivity contribution in [2.75, 3.05) is 0 Å². The molecule has 0 aromatic rings. The van der Waals surface area contributed by atoms with Gasteiger partial charge in [-0.25, -0.2) is 0 Å². The SMILES string of the molecule is CCCCCC1CCC(=O)C1C. The maximum Gasteiger partial charge on any atom is 0.135 e. The van der Waals surface area contributed by atoms with Gasteiger partial charge in [0, 0.05) is 12.3 Å². The summed E-state index contributed by atoms with van der Waals surface area (Å²) in [7, 11) is 0. The molecule has 1 aliphatic carbocycles. The number of Topliss-reactive ketones (excluding diaryl/α,β-unsaturated/α-hetero) is 1. The van der Waals surface area contributed by atoms with Crippen molar-refractivity contribution in [1.82, 2.24) is 0 Å². The summed E-state index contributed by atoms with van der Waals surface area (Å²) in [5, 5.41) is 0.